The Labute approximate surface area is 112 Å². The third-order valence-electron chi connectivity index (χ3n) is 2.76. The van der Waals surface area contributed by atoms with Crippen LogP contribution in [0.15, 0.2) is 42.7 Å². The molecule has 1 aromatic heterocycles. The molecule has 0 fully saturated rings. The molecule has 1 aromatic carbocycles. The van der Waals surface area contributed by atoms with E-state index in [9.17, 15) is 4.79 Å². The highest BCUT2D eigenvalue weighted by molar-refractivity contribution is 5.93. The van der Waals surface area contributed by atoms with Gasteiger partial charge in [0.05, 0.1) is 12.2 Å². The van der Waals surface area contributed by atoms with Crippen molar-refractivity contribution in [2.45, 2.75) is 20.1 Å². The molecular formula is C15H16N2O2. The van der Waals surface area contributed by atoms with Crippen LogP contribution in [-0.2, 0) is 13.2 Å². The number of pyridine rings is 1. The molecule has 0 saturated heterocycles. The SMILES string of the molecule is Cc1cncc(C(=O)NCc2cccc(CO)c2)c1. The highest BCUT2D eigenvalue weighted by Crippen LogP contribution is 2.06. The van der Waals surface area contributed by atoms with E-state index >= 15 is 0 Å². The van der Waals surface area contributed by atoms with Gasteiger partial charge in [0.15, 0.2) is 0 Å². The Bertz CT molecular complexity index is 582. The zero-order valence-corrected chi connectivity index (χ0v) is 10.8. The number of aliphatic hydroxyl groups excluding tert-OH is 1. The number of aliphatic hydroxyl groups is 1. The first-order chi connectivity index (χ1) is 9.19. The lowest BCUT2D eigenvalue weighted by molar-refractivity contribution is 0.0950. The molecule has 0 aliphatic heterocycles. The summed E-state index contributed by atoms with van der Waals surface area (Å²) in [6.07, 6.45) is 3.26. The van der Waals surface area contributed by atoms with Gasteiger partial charge in [0.25, 0.3) is 5.91 Å². The van der Waals surface area contributed by atoms with Gasteiger partial charge in [0.1, 0.15) is 0 Å². The second-order valence-electron chi connectivity index (χ2n) is 4.41. The van der Waals surface area contributed by atoms with Crippen molar-refractivity contribution in [1.82, 2.24) is 10.3 Å². The number of hydrogen-bond acceptors (Lipinski definition) is 3. The van der Waals surface area contributed by atoms with Crippen LogP contribution in [0.3, 0.4) is 0 Å². The zero-order valence-electron chi connectivity index (χ0n) is 10.8. The average molecular weight is 256 g/mol. The topological polar surface area (TPSA) is 62.2 Å². The average Bonchev–Trinajstić information content (AvgIpc) is 2.45. The highest BCUT2D eigenvalue weighted by atomic mass is 16.3. The standard InChI is InChI=1S/C15H16N2O2/c1-11-5-14(9-16-7-11)15(19)17-8-12-3-2-4-13(6-12)10-18/h2-7,9,18H,8,10H2,1H3,(H,17,19). The smallest absolute Gasteiger partial charge is 0.253 e. The third kappa shape index (κ3) is 3.63. The molecule has 98 valence electrons. The van der Waals surface area contributed by atoms with Crippen LogP contribution in [0.1, 0.15) is 27.0 Å². The highest BCUT2D eigenvalue weighted by Gasteiger charge is 2.05. The molecule has 0 bridgehead atoms. The fourth-order valence-corrected chi connectivity index (χ4v) is 1.80. The number of nitrogens with one attached hydrogen (secondary N) is 1. The van der Waals surface area contributed by atoms with Gasteiger partial charge >= 0.3 is 0 Å². The molecular weight excluding hydrogens is 240 g/mol. The molecule has 0 aliphatic carbocycles. The molecule has 0 unspecified atom stereocenters. The molecule has 2 N–H and O–H groups in total. The molecule has 4 nitrogen and oxygen atoms in total. The van der Waals surface area contributed by atoms with Crippen LogP contribution in [0, 0.1) is 6.92 Å². The normalized spacial score (nSPS) is 10.2. The Morgan fingerprint density at radius 3 is 2.79 bits per heavy atom. The van der Waals surface area contributed by atoms with Crippen molar-refractivity contribution >= 4 is 5.91 Å². The van der Waals surface area contributed by atoms with Gasteiger partial charge in [-0.3, -0.25) is 9.78 Å². The van der Waals surface area contributed by atoms with E-state index in [-0.39, 0.29) is 12.5 Å². The third-order valence-corrected chi connectivity index (χ3v) is 2.76. The Morgan fingerprint density at radius 2 is 2.05 bits per heavy atom. The quantitative estimate of drug-likeness (QED) is 0.877. The van der Waals surface area contributed by atoms with E-state index < -0.39 is 0 Å². The second kappa shape index (κ2) is 6.11. The Balaban J connectivity index is 2.00. The van der Waals surface area contributed by atoms with E-state index in [0.717, 1.165) is 16.7 Å². The Hall–Kier alpha value is -2.20. The number of carbonyl (C=O) groups excluding carboxylic acids is 1. The number of carbonyl (C=O) groups is 1. The first-order valence-corrected chi connectivity index (χ1v) is 6.07. The molecule has 0 radical (unpaired) electrons. The van der Waals surface area contributed by atoms with E-state index in [1.807, 2.05) is 31.2 Å². The van der Waals surface area contributed by atoms with Gasteiger partial charge in [-0.15, -0.1) is 0 Å². The summed E-state index contributed by atoms with van der Waals surface area (Å²) in [4.78, 5) is 15.9. The minimum atomic E-state index is -0.148. The van der Waals surface area contributed by atoms with Gasteiger partial charge in [-0.25, -0.2) is 0 Å². The summed E-state index contributed by atoms with van der Waals surface area (Å²) >= 11 is 0. The van der Waals surface area contributed by atoms with Crippen molar-refractivity contribution in [1.29, 1.82) is 0 Å². The molecule has 0 aliphatic rings. The van der Waals surface area contributed by atoms with E-state index in [0.29, 0.717) is 12.1 Å². The van der Waals surface area contributed by atoms with Gasteiger partial charge in [0.2, 0.25) is 0 Å². The van der Waals surface area contributed by atoms with E-state index in [1.165, 1.54) is 0 Å². The predicted molar refractivity (Wildman–Crippen MR) is 72.5 cm³/mol. The van der Waals surface area contributed by atoms with Crippen LogP contribution in [0.25, 0.3) is 0 Å². The summed E-state index contributed by atoms with van der Waals surface area (Å²) < 4.78 is 0. The van der Waals surface area contributed by atoms with E-state index in [2.05, 4.69) is 10.3 Å². The number of amides is 1. The maximum absolute atomic E-state index is 11.9. The minimum absolute atomic E-state index is 0.00356. The first kappa shape index (κ1) is 13.2. The van der Waals surface area contributed by atoms with Crippen LogP contribution in [0.2, 0.25) is 0 Å². The molecule has 0 spiro atoms. The monoisotopic (exact) mass is 256 g/mol. The number of nitrogens with zero attached hydrogens (tertiary/aromatic N) is 1. The van der Waals surface area contributed by atoms with Crippen LogP contribution in [-0.4, -0.2) is 16.0 Å². The summed E-state index contributed by atoms with van der Waals surface area (Å²) in [5, 5.41) is 11.9. The first-order valence-electron chi connectivity index (χ1n) is 6.07. The molecule has 4 heteroatoms. The van der Waals surface area contributed by atoms with E-state index in [1.54, 1.807) is 18.5 Å². The van der Waals surface area contributed by atoms with Crippen LogP contribution < -0.4 is 5.32 Å². The van der Waals surface area contributed by atoms with Gasteiger partial charge in [-0.2, -0.15) is 0 Å². The molecule has 2 aromatic rings. The van der Waals surface area contributed by atoms with Crippen molar-refractivity contribution < 1.29 is 9.90 Å². The summed E-state index contributed by atoms with van der Waals surface area (Å²) in [5.41, 5.74) is 3.30. The summed E-state index contributed by atoms with van der Waals surface area (Å²) in [7, 11) is 0. The predicted octanol–water partition coefficient (Wildman–Crippen LogP) is 1.81. The lowest BCUT2D eigenvalue weighted by Gasteiger charge is -2.06. The van der Waals surface area contributed by atoms with Gasteiger partial charge in [-0.05, 0) is 29.7 Å². The molecule has 1 heterocycles. The van der Waals surface area contributed by atoms with Crippen molar-refractivity contribution in [3.05, 3.63) is 65.0 Å². The lowest BCUT2D eigenvalue weighted by atomic mass is 10.1. The molecule has 0 saturated carbocycles. The minimum Gasteiger partial charge on any atom is -0.392 e. The van der Waals surface area contributed by atoms with Crippen LogP contribution in [0.5, 0.6) is 0 Å². The fourth-order valence-electron chi connectivity index (χ4n) is 1.80. The molecule has 2 rings (SSSR count). The van der Waals surface area contributed by atoms with Crippen molar-refractivity contribution in [3.8, 4) is 0 Å². The molecule has 0 atom stereocenters. The van der Waals surface area contributed by atoms with Crippen molar-refractivity contribution in [3.63, 3.8) is 0 Å². The fraction of sp³-hybridized carbons (Fsp3) is 0.200. The maximum Gasteiger partial charge on any atom is 0.253 e. The van der Waals surface area contributed by atoms with Crippen molar-refractivity contribution in [2.75, 3.05) is 0 Å². The number of aryl methyl sites for hydroxylation is 1. The lowest BCUT2D eigenvalue weighted by Crippen LogP contribution is -2.23. The van der Waals surface area contributed by atoms with Gasteiger partial charge in [0, 0.05) is 18.9 Å². The van der Waals surface area contributed by atoms with Crippen LogP contribution >= 0.6 is 0 Å². The molecule has 19 heavy (non-hydrogen) atoms. The summed E-state index contributed by atoms with van der Waals surface area (Å²) in [5.74, 6) is -0.148. The Kier molecular flexibility index (Phi) is 4.26. The van der Waals surface area contributed by atoms with Crippen LogP contribution in [0.4, 0.5) is 0 Å². The van der Waals surface area contributed by atoms with Gasteiger partial charge < -0.3 is 10.4 Å². The second-order valence-corrected chi connectivity index (χ2v) is 4.41. The number of aromatic nitrogens is 1. The van der Waals surface area contributed by atoms with Crippen molar-refractivity contribution in [2.24, 2.45) is 0 Å². The Morgan fingerprint density at radius 1 is 1.26 bits per heavy atom. The number of benzene rings is 1. The number of hydrogen-bond donors (Lipinski definition) is 2. The maximum atomic E-state index is 11.9. The summed E-state index contributed by atoms with van der Waals surface area (Å²) in [6, 6.07) is 9.28. The molecule has 1 amide bonds. The zero-order chi connectivity index (χ0) is 13.7. The van der Waals surface area contributed by atoms with Gasteiger partial charge in [-0.1, -0.05) is 24.3 Å². The largest absolute Gasteiger partial charge is 0.392 e. The summed E-state index contributed by atoms with van der Waals surface area (Å²) in [6.45, 7) is 2.33. The number of rotatable bonds is 4. The van der Waals surface area contributed by atoms with E-state index in [4.69, 9.17) is 5.11 Å².